The topological polar surface area (TPSA) is 29.5 Å². The van der Waals surface area contributed by atoms with Crippen molar-refractivity contribution in [2.75, 3.05) is 0 Å². The zero-order valence-corrected chi connectivity index (χ0v) is 10.6. The first-order chi connectivity index (χ1) is 7.84. The maximum absolute atomic E-state index is 11.6. The van der Waals surface area contributed by atoms with Gasteiger partial charge in [-0.15, -0.1) is 17.0 Å². The van der Waals surface area contributed by atoms with Gasteiger partial charge in [0.1, 0.15) is 0 Å². The van der Waals surface area contributed by atoms with Gasteiger partial charge in [0.2, 0.25) is 0 Å². The Balaban J connectivity index is 0.00000108. The van der Waals surface area contributed by atoms with Crippen LogP contribution in [0, 0.1) is 0 Å². The molecule has 2 heterocycles. The van der Waals surface area contributed by atoms with Crippen LogP contribution >= 0.6 is 17.0 Å². The van der Waals surface area contributed by atoms with Gasteiger partial charge in [0.25, 0.3) is 0 Å². The van der Waals surface area contributed by atoms with Crippen molar-refractivity contribution in [1.29, 1.82) is 0 Å². The van der Waals surface area contributed by atoms with Crippen molar-refractivity contribution in [3.63, 3.8) is 0 Å². The summed E-state index contributed by atoms with van der Waals surface area (Å²) in [5.41, 5.74) is 1.52. The molecule has 0 saturated carbocycles. The number of ketones is 1. The third kappa shape index (κ3) is 2.03. The minimum atomic E-state index is -0.0258. The van der Waals surface area contributed by atoms with Crippen LogP contribution in [0.25, 0.3) is 0 Å². The molecule has 3 rings (SSSR count). The van der Waals surface area contributed by atoms with E-state index in [4.69, 9.17) is 4.84 Å². The third-order valence-corrected chi connectivity index (χ3v) is 2.48. The molecular formula is C13H10BrNO2. The highest BCUT2D eigenvalue weighted by atomic mass is 79.9. The number of carbonyl (C=O) groups excluding carboxylic acids is 1. The second kappa shape index (κ2) is 4.59. The van der Waals surface area contributed by atoms with E-state index < -0.39 is 0 Å². The molecule has 3 aliphatic rings. The van der Waals surface area contributed by atoms with E-state index >= 15 is 0 Å². The molecular weight excluding hydrogens is 282 g/mol. The van der Waals surface area contributed by atoms with Gasteiger partial charge in [-0.3, -0.25) is 4.79 Å². The highest BCUT2D eigenvalue weighted by Gasteiger charge is 2.23. The van der Waals surface area contributed by atoms with E-state index in [0.717, 1.165) is 5.70 Å². The standard InChI is InChI=1S/C13H9NO2.BrH/c15-12-7-2-1-6-11(12)13-9-10-5-3-4-8-14(10)16-13;/h1-9H;1H/b13-11+;. The summed E-state index contributed by atoms with van der Waals surface area (Å²) in [5.74, 6) is 0.568. The maximum atomic E-state index is 11.6. The fourth-order valence-corrected chi connectivity index (χ4v) is 1.70. The van der Waals surface area contributed by atoms with Gasteiger partial charge in [-0.25, -0.2) is 0 Å². The quantitative estimate of drug-likeness (QED) is 0.643. The number of hydrogen-bond donors (Lipinski definition) is 0. The molecule has 0 aromatic carbocycles. The Kier molecular flexibility index (Phi) is 3.15. The Hall–Kier alpha value is -1.81. The summed E-state index contributed by atoms with van der Waals surface area (Å²) in [6.07, 6.45) is 16.3. The van der Waals surface area contributed by atoms with Crippen molar-refractivity contribution in [3.8, 4) is 0 Å². The first-order valence-electron chi connectivity index (χ1n) is 5.02. The number of hydrogen-bond acceptors (Lipinski definition) is 3. The summed E-state index contributed by atoms with van der Waals surface area (Å²) in [4.78, 5) is 17.2. The van der Waals surface area contributed by atoms with Crippen molar-refractivity contribution < 1.29 is 9.63 Å². The van der Waals surface area contributed by atoms with Gasteiger partial charge in [0.05, 0.1) is 11.3 Å². The predicted molar refractivity (Wildman–Crippen MR) is 69.9 cm³/mol. The van der Waals surface area contributed by atoms with Crippen LogP contribution in [0.5, 0.6) is 0 Å². The van der Waals surface area contributed by atoms with Crippen molar-refractivity contribution in [3.05, 3.63) is 71.8 Å². The van der Waals surface area contributed by atoms with Gasteiger partial charge in [-0.1, -0.05) is 18.2 Å². The molecule has 1 aliphatic carbocycles. The van der Waals surface area contributed by atoms with E-state index in [1.165, 1.54) is 6.08 Å². The zero-order chi connectivity index (χ0) is 11.0. The van der Waals surface area contributed by atoms with Crippen molar-refractivity contribution in [1.82, 2.24) is 5.06 Å². The number of allylic oxidation sites excluding steroid dienone is 9. The number of hydroxylamine groups is 2. The smallest absolute Gasteiger partial charge is 0.189 e. The molecule has 0 bridgehead atoms. The summed E-state index contributed by atoms with van der Waals surface area (Å²) in [5, 5.41) is 1.64. The molecule has 0 aromatic heterocycles. The molecule has 0 spiro atoms. The molecule has 0 amide bonds. The average molecular weight is 292 g/mol. The molecule has 0 aromatic rings. The monoisotopic (exact) mass is 291 g/mol. The average Bonchev–Trinajstić information content (AvgIpc) is 2.73. The lowest BCUT2D eigenvalue weighted by atomic mass is 10.0. The van der Waals surface area contributed by atoms with E-state index in [2.05, 4.69) is 0 Å². The van der Waals surface area contributed by atoms with Crippen LogP contribution in [-0.4, -0.2) is 10.8 Å². The predicted octanol–water partition coefficient (Wildman–Crippen LogP) is 2.73. The molecule has 0 radical (unpaired) electrons. The van der Waals surface area contributed by atoms with Crippen LogP contribution in [0.15, 0.2) is 71.8 Å². The second-order valence-electron chi connectivity index (χ2n) is 3.55. The SMILES string of the molecule is Br.O=C1C=CC=C/C1=C1/C=C2C=CC=CN2O1. The third-order valence-electron chi connectivity index (χ3n) is 2.48. The Labute approximate surface area is 109 Å². The Bertz CT molecular complexity index is 536. The lowest BCUT2D eigenvalue weighted by Crippen LogP contribution is -2.12. The minimum Gasteiger partial charge on any atom is -0.374 e. The van der Waals surface area contributed by atoms with Crippen molar-refractivity contribution in [2.45, 2.75) is 0 Å². The molecule has 0 saturated heterocycles. The van der Waals surface area contributed by atoms with Crippen molar-refractivity contribution >= 4 is 22.8 Å². The van der Waals surface area contributed by atoms with Crippen molar-refractivity contribution in [2.24, 2.45) is 0 Å². The normalized spacial score (nSPS) is 24.4. The molecule has 17 heavy (non-hydrogen) atoms. The maximum Gasteiger partial charge on any atom is 0.189 e. The Morgan fingerprint density at radius 3 is 2.53 bits per heavy atom. The fourth-order valence-electron chi connectivity index (χ4n) is 1.70. The summed E-state index contributed by atoms with van der Waals surface area (Å²) >= 11 is 0. The summed E-state index contributed by atoms with van der Waals surface area (Å²) in [7, 11) is 0. The first-order valence-corrected chi connectivity index (χ1v) is 5.02. The second-order valence-corrected chi connectivity index (χ2v) is 3.55. The number of rotatable bonds is 0. The molecule has 86 valence electrons. The minimum absolute atomic E-state index is 0. The van der Waals surface area contributed by atoms with Gasteiger partial charge in [-0.2, -0.15) is 5.06 Å². The Morgan fingerprint density at radius 1 is 1.00 bits per heavy atom. The zero-order valence-electron chi connectivity index (χ0n) is 8.87. The van der Waals surface area contributed by atoms with E-state index in [9.17, 15) is 4.79 Å². The molecule has 2 aliphatic heterocycles. The summed E-state index contributed by atoms with van der Waals surface area (Å²) in [6.45, 7) is 0. The first kappa shape index (κ1) is 11.7. The summed E-state index contributed by atoms with van der Waals surface area (Å²) in [6, 6.07) is 0. The highest BCUT2D eigenvalue weighted by molar-refractivity contribution is 8.93. The lowest BCUT2D eigenvalue weighted by Gasteiger charge is -2.16. The number of nitrogens with zero attached hydrogens (tertiary/aromatic N) is 1. The van der Waals surface area contributed by atoms with Crippen LogP contribution in [0.2, 0.25) is 0 Å². The van der Waals surface area contributed by atoms with E-state index in [1.807, 2.05) is 36.6 Å². The molecule has 0 atom stereocenters. The van der Waals surface area contributed by atoms with Gasteiger partial charge in [-0.05, 0) is 24.3 Å². The van der Waals surface area contributed by atoms with E-state index in [1.54, 1.807) is 17.2 Å². The highest BCUT2D eigenvalue weighted by Crippen LogP contribution is 2.28. The van der Waals surface area contributed by atoms with Crippen LogP contribution < -0.4 is 0 Å². The van der Waals surface area contributed by atoms with Crippen LogP contribution in [0.3, 0.4) is 0 Å². The number of carbonyl (C=O) groups is 1. The van der Waals surface area contributed by atoms with Crippen LogP contribution in [-0.2, 0) is 9.63 Å². The fraction of sp³-hybridized carbons (Fsp3) is 0. The van der Waals surface area contributed by atoms with Gasteiger partial charge in [0.15, 0.2) is 11.5 Å². The van der Waals surface area contributed by atoms with Crippen LogP contribution in [0.1, 0.15) is 0 Å². The molecule has 4 heteroatoms. The molecule has 0 unspecified atom stereocenters. The van der Waals surface area contributed by atoms with Gasteiger partial charge >= 0.3 is 0 Å². The van der Waals surface area contributed by atoms with Gasteiger partial charge in [0, 0.05) is 12.3 Å². The number of halogens is 1. The molecule has 0 fully saturated rings. The van der Waals surface area contributed by atoms with E-state index in [0.29, 0.717) is 11.3 Å². The molecule has 3 nitrogen and oxygen atoms in total. The largest absolute Gasteiger partial charge is 0.374 e. The number of fused-ring (bicyclic) bond motifs is 1. The molecule has 0 N–H and O–H groups in total. The summed E-state index contributed by atoms with van der Waals surface area (Å²) < 4.78 is 0. The van der Waals surface area contributed by atoms with E-state index in [-0.39, 0.29) is 22.8 Å². The van der Waals surface area contributed by atoms with Gasteiger partial charge < -0.3 is 4.84 Å². The lowest BCUT2D eigenvalue weighted by molar-refractivity contribution is -0.111. The Morgan fingerprint density at radius 2 is 1.76 bits per heavy atom. The van der Waals surface area contributed by atoms with Crippen LogP contribution in [0.4, 0.5) is 0 Å².